The molecule has 2 heterocycles. The Balaban J connectivity index is 1.72. The number of ketones is 1. The molecule has 3 N–H and O–H groups in total. The molecule has 0 saturated heterocycles. The zero-order chi connectivity index (χ0) is 21.1. The first kappa shape index (κ1) is 19.0. The van der Waals surface area contributed by atoms with E-state index in [1.54, 1.807) is 24.3 Å². The van der Waals surface area contributed by atoms with Gasteiger partial charge in [-0.15, -0.1) is 0 Å². The number of benzene rings is 2. The quantitative estimate of drug-likeness (QED) is 0.439. The molecule has 0 aliphatic carbocycles. The lowest BCUT2D eigenvalue weighted by molar-refractivity contribution is 0.103. The van der Waals surface area contributed by atoms with Gasteiger partial charge in [-0.2, -0.15) is 0 Å². The molecule has 30 heavy (non-hydrogen) atoms. The molecular formula is C22H15FN4O3. The van der Waals surface area contributed by atoms with E-state index in [0.29, 0.717) is 22.4 Å². The summed E-state index contributed by atoms with van der Waals surface area (Å²) in [4.78, 5) is 49.0. The fourth-order valence-electron chi connectivity index (χ4n) is 2.90. The van der Waals surface area contributed by atoms with E-state index in [9.17, 15) is 18.8 Å². The van der Waals surface area contributed by atoms with E-state index in [1.807, 2.05) is 0 Å². The molecular weight excluding hydrogens is 387 g/mol. The number of H-pyrrole nitrogens is 3. The van der Waals surface area contributed by atoms with Gasteiger partial charge in [-0.1, -0.05) is 18.2 Å². The molecule has 148 valence electrons. The van der Waals surface area contributed by atoms with Crippen molar-refractivity contribution in [2.45, 2.75) is 0 Å². The maximum atomic E-state index is 13.1. The van der Waals surface area contributed by atoms with Crippen LogP contribution in [0.1, 0.15) is 27.2 Å². The van der Waals surface area contributed by atoms with Crippen LogP contribution >= 0.6 is 0 Å². The Bertz CT molecular complexity index is 1450. The molecule has 0 bridgehead atoms. The second-order valence-corrected chi connectivity index (χ2v) is 6.49. The van der Waals surface area contributed by atoms with Gasteiger partial charge >= 0.3 is 0 Å². The minimum absolute atomic E-state index is 0.0492. The first-order chi connectivity index (χ1) is 14.5. The van der Waals surface area contributed by atoms with Gasteiger partial charge in [-0.05, 0) is 48.0 Å². The van der Waals surface area contributed by atoms with E-state index in [1.165, 1.54) is 48.9 Å². The number of carbonyl (C=O) groups is 1. The third-order valence-electron chi connectivity index (χ3n) is 4.37. The third kappa shape index (κ3) is 4.07. The Hall–Kier alpha value is -4.33. The normalized spacial score (nSPS) is 12.3. The van der Waals surface area contributed by atoms with E-state index in [2.05, 4.69) is 19.9 Å². The molecule has 0 amide bonds. The number of hydrogen-bond donors (Lipinski definition) is 3. The monoisotopic (exact) mass is 402 g/mol. The van der Waals surface area contributed by atoms with Gasteiger partial charge in [0.05, 0.1) is 18.2 Å². The number of nitrogens with one attached hydrogen (secondary N) is 3. The molecule has 8 heteroatoms. The molecule has 0 unspecified atom stereocenters. The molecule has 0 aliphatic heterocycles. The van der Waals surface area contributed by atoms with Crippen molar-refractivity contribution in [3.8, 4) is 0 Å². The average molecular weight is 402 g/mol. The number of halogens is 1. The highest BCUT2D eigenvalue weighted by Crippen LogP contribution is 2.13. The second kappa shape index (κ2) is 7.96. The van der Waals surface area contributed by atoms with Crippen molar-refractivity contribution in [2.24, 2.45) is 0 Å². The summed E-state index contributed by atoms with van der Waals surface area (Å²) in [6.45, 7) is 0. The van der Waals surface area contributed by atoms with Crippen LogP contribution in [0.25, 0.3) is 12.2 Å². The van der Waals surface area contributed by atoms with E-state index in [4.69, 9.17) is 0 Å². The minimum Gasteiger partial charge on any atom is -0.345 e. The van der Waals surface area contributed by atoms with Crippen LogP contribution in [0, 0.1) is 5.82 Å². The summed E-state index contributed by atoms with van der Waals surface area (Å²) >= 11 is 0. The van der Waals surface area contributed by atoms with Crippen molar-refractivity contribution in [1.29, 1.82) is 0 Å². The van der Waals surface area contributed by atoms with Crippen LogP contribution < -0.4 is 21.8 Å². The standard InChI is InChI=1S/C22H15FN4O3/c23-16-6-4-14(5-7-16)20(28)15-3-1-2-13(8-15)9-18-21(29)27-19(22(30)26-18)10-17-11-24-12-25-17/h1-12H,(H,24,25)(H,26,30)(H,27,29)/b18-9-,19-10-. The second-order valence-electron chi connectivity index (χ2n) is 6.49. The van der Waals surface area contributed by atoms with Crippen molar-refractivity contribution in [3.05, 3.63) is 121 Å². The van der Waals surface area contributed by atoms with Crippen LogP contribution in [0.2, 0.25) is 0 Å². The Kier molecular flexibility index (Phi) is 5.04. The molecule has 7 nitrogen and oxygen atoms in total. The van der Waals surface area contributed by atoms with Gasteiger partial charge in [-0.3, -0.25) is 14.4 Å². The zero-order valence-corrected chi connectivity index (χ0v) is 15.5. The summed E-state index contributed by atoms with van der Waals surface area (Å²) in [6, 6.07) is 11.8. The maximum absolute atomic E-state index is 13.1. The molecule has 0 spiro atoms. The summed E-state index contributed by atoms with van der Waals surface area (Å²) in [7, 11) is 0. The molecule has 4 rings (SSSR count). The lowest BCUT2D eigenvalue weighted by Gasteiger charge is -2.02. The smallest absolute Gasteiger partial charge is 0.272 e. The number of nitrogens with zero attached hydrogens (tertiary/aromatic N) is 1. The van der Waals surface area contributed by atoms with Crippen molar-refractivity contribution in [2.75, 3.05) is 0 Å². The fourth-order valence-corrected chi connectivity index (χ4v) is 2.90. The van der Waals surface area contributed by atoms with Crippen LogP contribution in [0.15, 0.2) is 70.6 Å². The van der Waals surface area contributed by atoms with Crippen molar-refractivity contribution >= 4 is 17.9 Å². The molecule has 0 saturated carbocycles. The van der Waals surface area contributed by atoms with E-state index in [0.717, 1.165) is 0 Å². The van der Waals surface area contributed by atoms with E-state index < -0.39 is 16.9 Å². The summed E-state index contributed by atoms with van der Waals surface area (Å²) in [5.41, 5.74) is 0.871. The van der Waals surface area contributed by atoms with Crippen LogP contribution in [0.3, 0.4) is 0 Å². The van der Waals surface area contributed by atoms with Gasteiger partial charge in [-0.25, -0.2) is 9.37 Å². The van der Waals surface area contributed by atoms with Crippen LogP contribution in [-0.4, -0.2) is 25.7 Å². The zero-order valence-electron chi connectivity index (χ0n) is 15.5. The fraction of sp³-hybridized carbons (Fsp3) is 0. The summed E-state index contributed by atoms with van der Waals surface area (Å²) in [6.07, 6.45) is 5.92. The molecule has 4 aromatic rings. The Morgan fingerprint density at radius 1 is 0.900 bits per heavy atom. The van der Waals surface area contributed by atoms with Gasteiger partial charge in [0.1, 0.15) is 16.5 Å². The number of aromatic nitrogens is 4. The molecule has 2 aromatic heterocycles. The van der Waals surface area contributed by atoms with Crippen LogP contribution in [-0.2, 0) is 0 Å². The predicted octanol–water partition coefficient (Wildman–Crippen LogP) is 0.814. The minimum atomic E-state index is -0.490. The molecule has 0 radical (unpaired) electrons. The van der Waals surface area contributed by atoms with Crippen molar-refractivity contribution in [3.63, 3.8) is 0 Å². The molecule has 0 aliphatic rings. The van der Waals surface area contributed by atoms with Crippen molar-refractivity contribution in [1.82, 2.24) is 19.9 Å². The number of rotatable bonds is 4. The molecule has 2 aromatic carbocycles. The predicted molar refractivity (Wildman–Crippen MR) is 109 cm³/mol. The highest BCUT2D eigenvalue weighted by atomic mass is 19.1. The Morgan fingerprint density at radius 2 is 1.60 bits per heavy atom. The topological polar surface area (TPSA) is 111 Å². The number of imidazole rings is 1. The number of aromatic amines is 3. The number of hydrogen-bond acceptors (Lipinski definition) is 4. The van der Waals surface area contributed by atoms with Crippen molar-refractivity contribution < 1.29 is 9.18 Å². The lowest BCUT2D eigenvalue weighted by Crippen LogP contribution is -2.46. The lowest BCUT2D eigenvalue weighted by atomic mass is 10.0. The average Bonchev–Trinajstić information content (AvgIpc) is 3.25. The van der Waals surface area contributed by atoms with Gasteiger partial charge in [0.2, 0.25) is 0 Å². The number of carbonyl (C=O) groups excluding carboxylic acids is 1. The molecule has 0 fully saturated rings. The summed E-state index contributed by atoms with van der Waals surface area (Å²) in [5, 5.41) is 0.134. The van der Waals surface area contributed by atoms with Gasteiger partial charge < -0.3 is 15.0 Å². The highest BCUT2D eigenvalue weighted by Gasteiger charge is 2.09. The Morgan fingerprint density at radius 3 is 2.27 bits per heavy atom. The van der Waals surface area contributed by atoms with E-state index in [-0.39, 0.29) is 16.5 Å². The third-order valence-corrected chi connectivity index (χ3v) is 4.37. The Labute approximate surface area is 168 Å². The van der Waals surface area contributed by atoms with Crippen LogP contribution in [0.4, 0.5) is 4.39 Å². The van der Waals surface area contributed by atoms with Gasteiger partial charge in [0.25, 0.3) is 11.1 Å². The largest absolute Gasteiger partial charge is 0.345 e. The van der Waals surface area contributed by atoms with E-state index >= 15 is 0 Å². The maximum Gasteiger partial charge on any atom is 0.272 e. The van der Waals surface area contributed by atoms with Gasteiger partial charge in [0, 0.05) is 11.1 Å². The highest BCUT2D eigenvalue weighted by molar-refractivity contribution is 6.09. The van der Waals surface area contributed by atoms with Gasteiger partial charge in [0.15, 0.2) is 5.78 Å². The summed E-state index contributed by atoms with van der Waals surface area (Å²) < 4.78 is 13.1. The molecule has 0 atom stereocenters. The summed E-state index contributed by atoms with van der Waals surface area (Å²) in [5.74, 6) is -0.706. The van der Waals surface area contributed by atoms with Crippen LogP contribution in [0.5, 0.6) is 0 Å². The first-order valence-corrected chi connectivity index (χ1v) is 8.94. The first-order valence-electron chi connectivity index (χ1n) is 8.94. The SMILES string of the molecule is O=C(c1ccc(F)cc1)c1cccc(/C=c2\[nH]c(=O)/c(=C/c3cnc[nH]3)[nH]c2=O)c1.